The molecule has 0 unspecified atom stereocenters. The molecule has 3 N–H and O–H groups in total. The topological polar surface area (TPSA) is 128 Å². The van der Waals surface area contributed by atoms with Crippen LogP contribution < -0.4 is 15.4 Å². The van der Waals surface area contributed by atoms with Crippen LogP contribution in [0, 0.1) is 12.3 Å². The summed E-state index contributed by atoms with van der Waals surface area (Å²) in [6.45, 7) is 5.01. The molecule has 0 bridgehead atoms. The third-order valence-corrected chi connectivity index (χ3v) is 9.19. The lowest BCUT2D eigenvalue weighted by Gasteiger charge is -2.42. The van der Waals surface area contributed by atoms with Crippen LogP contribution in [0.2, 0.25) is 10.0 Å². The monoisotopic (exact) mass is 603 g/mol. The molecule has 3 aromatic rings. The predicted molar refractivity (Wildman–Crippen MR) is 158 cm³/mol. The first-order chi connectivity index (χ1) is 18.9. The zero-order valence-electron chi connectivity index (χ0n) is 22.5. The summed E-state index contributed by atoms with van der Waals surface area (Å²) in [5, 5.41) is 0.727. The predicted octanol–water partition coefficient (Wildman–Crippen LogP) is 5.15. The van der Waals surface area contributed by atoms with Crippen molar-refractivity contribution in [3.63, 3.8) is 0 Å². The Labute approximate surface area is 244 Å². The Hall–Kier alpha value is -2.92. The first-order valence-corrected chi connectivity index (χ1v) is 15.7. The van der Waals surface area contributed by atoms with Crippen LogP contribution in [0.1, 0.15) is 53.1 Å². The van der Waals surface area contributed by atoms with E-state index in [4.69, 9.17) is 43.6 Å². The molecular weight excluding hydrogens is 573 g/mol. The minimum atomic E-state index is -3.38. The maximum atomic E-state index is 13.1. The number of piperidine rings is 1. The SMILES string of the molecule is CCOC(=O)c1nc(-c2cccc(Cl)c2Cl)c(C)nc1N1CCC2(CC1)Cc1cc(NS(C)(=O)=O)ccc1[C@H]2N. The van der Waals surface area contributed by atoms with E-state index < -0.39 is 16.0 Å². The summed E-state index contributed by atoms with van der Waals surface area (Å²) in [5.74, 6) is -0.0861. The molecule has 2 aliphatic rings. The molecule has 1 atom stereocenters. The van der Waals surface area contributed by atoms with Gasteiger partial charge in [-0.3, -0.25) is 4.72 Å². The summed E-state index contributed by atoms with van der Waals surface area (Å²) in [6, 6.07) is 10.6. The average Bonchev–Trinajstić information content (AvgIpc) is 3.15. The van der Waals surface area contributed by atoms with Gasteiger partial charge >= 0.3 is 5.97 Å². The van der Waals surface area contributed by atoms with Crippen LogP contribution in [0.3, 0.4) is 0 Å². The number of hydrogen-bond acceptors (Lipinski definition) is 8. The van der Waals surface area contributed by atoms with Crippen LogP contribution in [-0.4, -0.2) is 50.3 Å². The summed E-state index contributed by atoms with van der Waals surface area (Å²) in [5.41, 5.74) is 11.0. The Balaban J connectivity index is 1.43. The number of sulfonamides is 1. The van der Waals surface area contributed by atoms with Gasteiger partial charge < -0.3 is 15.4 Å². The summed E-state index contributed by atoms with van der Waals surface area (Å²) in [7, 11) is -3.38. The zero-order chi connectivity index (χ0) is 28.8. The van der Waals surface area contributed by atoms with Gasteiger partial charge in [0.15, 0.2) is 11.5 Å². The van der Waals surface area contributed by atoms with Gasteiger partial charge in [-0.25, -0.2) is 23.2 Å². The van der Waals surface area contributed by atoms with E-state index in [1.807, 2.05) is 19.1 Å². The number of esters is 1. The molecule has 9 nitrogen and oxygen atoms in total. The molecule has 1 aromatic heterocycles. The van der Waals surface area contributed by atoms with Crippen molar-refractivity contribution in [3.05, 3.63) is 69.0 Å². The molecule has 212 valence electrons. The summed E-state index contributed by atoms with van der Waals surface area (Å²) in [6.07, 6.45) is 3.41. The van der Waals surface area contributed by atoms with E-state index >= 15 is 0 Å². The lowest BCUT2D eigenvalue weighted by Crippen LogP contribution is -2.45. The number of anilines is 2. The molecule has 1 aliphatic heterocycles. The Morgan fingerprint density at radius 1 is 1.20 bits per heavy atom. The van der Waals surface area contributed by atoms with Crippen molar-refractivity contribution < 1.29 is 17.9 Å². The number of nitrogens with two attached hydrogens (primary N) is 1. The van der Waals surface area contributed by atoms with E-state index in [1.54, 1.807) is 31.2 Å². The average molecular weight is 605 g/mol. The molecule has 0 radical (unpaired) electrons. The van der Waals surface area contributed by atoms with Crippen LogP contribution in [0.4, 0.5) is 11.5 Å². The van der Waals surface area contributed by atoms with Gasteiger partial charge in [-0.15, -0.1) is 0 Å². The van der Waals surface area contributed by atoms with E-state index in [2.05, 4.69) is 9.62 Å². The van der Waals surface area contributed by atoms with Gasteiger partial charge in [0.2, 0.25) is 10.0 Å². The first kappa shape index (κ1) is 28.6. The van der Waals surface area contributed by atoms with E-state index in [0.29, 0.717) is 51.6 Å². The second kappa shape index (κ2) is 10.8. The molecule has 2 heterocycles. The molecule has 1 saturated heterocycles. The highest BCUT2D eigenvalue weighted by atomic mass is 35.5. The standard InChI is InChI=1S/C28H31Cl2N5O4S/c1-4-39-27(36)24-26(32-16(2)23(33-24)20-6-5-7-21(29)22(20)30)35-12-10-28(11-13-35)15-17-14-18(34-40(3,37)38)8-9-19(17)25(28)31/h5-9,14,25,34H,4,10-13,15,31H2,1-3H3/t25-/m1/s1. The van der Waals surface area contributed by atoms with E-state index in [1.165, 1.54) is 0 Å². The van der Waals surface area contributed by atoms with Gasteiger partial charge in [-0.05, 0) is 67.9 Å². The Kier molecular flexibility index (Phi) is 7.73. The number of benzene rings is 2. The number of halogens is 2. The number of nitrogens with one attached hydrogen (secondary N) is 1. The lowest BCUT2D eigenvalue weighted by atomic mass is 9.73. The van der Waals surface area contributed by atoms with Gasteiger partial charge in [0.1, 0.15) is 0 Å². The largest absolute Gasteiger partial charge is 0.461 e. The van der Waals surface area contributed by atoms with Gasteiger partial charge in [0.05, 0.1) is 34.3 Å². The number of aryl methyl sites for hydroxylation is 1. The number of nitrogens with zero attached hydrogens (tertiary/aromatic N) is 3. The molecule has 12 heteroatoms. The van der Waals surface area contributed by atoms with E-state index in [9.17, 15) is 13.2 Å². The Bertz CT molecular complexity index is 1590. The fraction of sp³-hybridized carbons (Fsp3) is 0.393. The number of aromatic nitrogens is 2. The second-order valence-electron chi connectivity index (χ2n) is 10.4. The normalized spacial score (nSPS) is 18.1. The highest BCUT2D eigenvalue weighted by Crippen LogP contribution is 2.51. The molecular formula is C28H31Cl2N5O4S. The number of rotatable bonds is 6. The smallest absolute Gasteiger partial charge is 0.360 e. The van der Waals surface area contributed by atoms with Crippen molar-refractivity contribution in [2.45, 2.75) is 39.2 Å². The van der Waals surface area contributed by atoms with Crippen LogP contribution in [0.15, 0.2) is 36.4 Å². The van der Waals surface area contributed by atoms with Crippen molar-refractivity contribution in [2.75, 3.05) is 35.6 Å². The number of carbonyl (C=O) groups is 1. The molecule has 0 amide bonds. The van der Waals surface area contributed by atoms with E-state index in [0.717, 1.165) is 36.6 Å². The highest BCUT2D eigenvalue weighted by molar-refractivity contribution is 7.92. The van der Waals surface area contributed by atoms with Crippen LogP contribution in [0.5, 0.6) is 0 Å². The van der Waals surface area contributed by atoms with Crippen LogP contribution in [0.25, 0.3) is 11.3 Å². The van der Waals surface area contributed by atoms with Crippen molar-refractivity contribution in [1.29, 1.82) is 0 Å². The third-order valence-electron chi connectivity index (χ3n) is 7.77. The number of carbonyl (C=O) groups excluding carboxylic acids is 1. The lowest BCUT2D eigenvalue weighted by molar-refractivity contribution is 0.0519. The fourth-order valence-electron chi connectivity index (χ4n) is 5.82. The minimum absolute atomic E-state index is 0.130. The quantitative estimate of drug-likeness (QED) is 0.370. The van der Waals surface area contributed by atoms with Gasteiger partial charge in [-0.2, -0.15) is 0 Å². The summed E-state index contributed by atoms with van der Waals surface area (Å²) < 4.78 is 31.3. The maximum Gasteiger partial charge on any atom is 0.360 e. The Morgan fingerprint density at radius 2 is 1.93 bits per heavy atom. The minimum Gasteiger partial charge on any atom is -0.461 e. The molecule has 1 spiro atoms. The second-order valence-corrected chi connectivity index (χ2v) is 13.0. The molecule has 2 aromatic carbocycles. The Morgan fingerprint density at radius 3 is 2.60 bits per heavy atom. The highest BCUT2D eigenvalue weighted by Gasteiger charge is 2.46. The third kappa shape index (κ3) is 5.37. The van der Waals surface area contributed by atoms with Gasteiger partial charge in [0, 0.05) is 30.4 Å². The molecule has 0 saturated carbocycles. The maximum absolute atomic E-state index is 13.1. The zero-order valence-corrected chi connectivity index (χ0v) is 24.8. The van der Waals surface area contributed by atoms with Crippen LogP contribution >= 0.6 is 23.2 Å². The van der Waals surface area contributed by atoms with E-state index in [-0.39, 0.29) is 23.8 Å². The van der Waals surface area contributed by atoms with Crippen LogP contribution in [-0.2, 0) is 21.2 Å². The summed E-state index contributed by atoms with van der Waals surface area (Å²) in [4.78, 5) is 24.7. The molecule has 5 rings (SSSR count). The van der Waals surface area contributed by atoms with Crippen molar-refractivity contribution in [2.24, 2.45) is 11.1 Å². The van der Waals surface area contributed by atoms with Crippen molar-refractivity contribution in [1.82, 2.24) is 9.97 Å². The van der Waals surface area contributed by atoms with Crippen molar-refractivity contribution >= 4 is 50.7 Å². The number of ether oxygens (including phenoxy) is 1. The molecule has 1 aliphatic carbocycles. The molecule has 1 fully saturated rings. The van der Waals surface area contributed by atoms with Crippen molar-refractivity contribution in [3.8, 4) is 11.3 Å². The summed E-state index contributed by atoms with van der Waals surface area (Å²) >= 11 is 12.7. The number of fused-ring (bicyclic) bond motifs is 1. The number of hydrogen-bond donors (Lipinski definition) is 2. The van der Waals surface area contributed by atoms with Gasteiger partial charge in [0.25, 0.3) is 0 Å². The first-order valence-electron chi connectivity index (χ1n) is 13.0. The van der Waals surface area contributed by atoms with Gasteiger partial charge in [-0.1, -0.05) is 41.4 Å². The molecule has 40 heavy (non-hydrogen) atoms. The fourth-order valence-corrected chi connectivity index (χ4v) is 6.76.